The molecule has 0 aromatic carbocycles. The fourth-order valence-electron chi connectivity index (χ4n) is 4.70. The molecule has 3 heterocycles. The predicted octanol–water partition coefficient (Wildman–Crippen LogP) is 1.25. The van der Waals surface area contributed by atoms with Gasteiger partial charge in [-0.15, -0.1) is 0 Å². The zero-order chi connectivity index (χ0) is 17.6. The monoisotopic (exact) mass is 351 g/mol. The van der Waals surface area contributed by atoms with Gasteiger partial charge in [-0.2, -0.15) is 0 Å². The van der Waals surface area contributed by atoms with Crippen LogP contribution < -0.4 is 5.32 Å². The van der Waals surface area contributed by atoms with Crippen LogP contribution in [-0.4, -0.2) is 73.6 Å². The van der Waals surface area contributed by atoms with Crippen molar-refractivity contribution in [3.8, 4) is 0 Å². The van der Waals surface area contributed by atoms with Crippen LogP contribution in [-0.2, 0) is 14.3 Å². The number of fused-ring (bicyclic) bond motifs is 1. The lowest BCUT2D eigenvalue weighted by Gasteiger charge is -2.44. The van der Waals surface area contributed by atoms with Crippen molar-refractivity contribution in [3.05, 3.63) is 0 Å². The molecule has 0 aliphatic carbocycles. The third-order valence-electron chi connectivity index (χ3n) is 6.11. The summed E-state index contributed by atoms with van der Waals surface area (Å²) in [5, 5.41) is 2.64. The van der Waals surface area contributed by atoms with Crippen molar-refractivity contribution in [1.29, 1.82) is 0 Å². The maximum Gasteiger partial charge on any atom is 0.241 e. The van der Waals surface area contributed by atoms with E-state index in [1.165, 1.54) is 52.1 Å². The minimum absolute atomic E-state index is 0.0638. The van der Waals surface area contributed by atoms with Gasteiger partial charge in [-0.1, -0.05) is 6.42 Å². The summed E-state index contributed by atoms with van der Waals surface area (Å²) < 4.78 is 5.51. The van der Waals surface area contributed by atoms with Crippen LogP contribution in [0.3, 0.4) is 0 Å². The molecule has 0 aromatic heterocycles. The minimum Gasteiger partial charge on any atom is -0.381 e. The van der Waals surface area contributed by atoms with Gasteiger partial charge in [-0.05, 0) is 50.5 Å². The fraction of sp³-hybridized carbons (Fsp3) is 0.895. The molecular weight excluding hydrogens is 318 g/mol. The van der Waals surface area contributed by atoms with Crippen molar-refractivity contribution in [2.45, 2.75) is 51.5 Å². The lowest BCUT2D eigenvalue weighted by molar-refractivity contribution is -0.135. The molecule has 0 radical (unpaired) electrons. The Balaban J connectivity index is 1.56. The summed E-state index contributed by atoms with van der Waals surface area (Å²) in [4.78, 5) is 28.1. The van der Waals surface area contributed by atoms with Crippen molar-refractivity contribution in [1.82, 2.24) is 15.1 Å². The normalized spacial score (nSPS) is 28.9. The van der Waals surface area contributed by atoms with Gasteiger partial charge in [0.25, 0.3) is 0 Å². The first-order valence-electron chi connectivity index (χ1n) is 9.97. The molecule has 0 spiro atoms. The first kappa shape index (κ1) is 18.6. The number of rotatable bonds is 4. The number of hydrogen-bond acceptors (Lipinski definition) is 4. The van der Waals surface area contributed by atoms with E-state index in [0.717, 1.165) is 38.6 Å². The first-order valence-corrected chi connectivity index (χ1v) is 9.97. The van der Waals surface area contributed by atoms with E-state index in [2.05, 4.69) is 10.2 Å². The van der Waals surface area contributed by atoms with Crippen LogP contribution in [0.1, 0.15) is 45.4 Å². The van der Waals surface area contributed by atoms with Gasteiger partial charge in [0.2, 0.25) is 11.8 Å². The van der Waals surface area contributed by atoms with Crippen molar-refractivity contribution >= 4 is 11.8 Å². The van der Waals surface area contributed by atoms with Crippen LogP contribution in [0, 0.1) is 11.8 Å². The van der Waals surface area contributed by atoms with E-state index in [1.807, 2.05) is 4.90 Å². The molecule has 6 heteroatoms. The number of piperidine rings is 1. The highest BCUT2D eigenvalue weighted by molar-refractivity contribution is 5.83. The van der Waals surface area contributed by atoms with E-state index < -0.39 is 0 Å². The second-order valence-electron chi connectivity index (χ2n) is 7.91. The summed E-state index contributed by atoms with van der Waals surface area (Å²) in [6.45, 7) is 7.51. The zero-order valence-electron chi connectivity index (χ0n) is 15.5. The van der Waals surface area contributed by atoms with Crippen LogP contribution in [0.5, 0.6) is 0 Å². The Kier molecular flexibility index (Phi) is 6.70. The van der Waals surface area contributed by atoms with Crippen LogP contribution >= 0.6 is 0 Å². The smallest absolute Gasteiger partial charge is 0.241 e. The van der Waals surface area contributed by atoms with Crippen LogP contribution in [0.4, 0.5) is 0 Å². The molecule has 2 amide bonds. The molecule has 3 saturated heterocycles. The Hall–Kier alpha value is -1.14. The largest absolute Gasteiger partial charge is 0.381 e. The van der Waals surface area contributed by atoms with E-state index in [1.54, 1.807) is 0 Å². The van der Waals surface area contributed by atoms with Gasteiger partial charge in [0.15, 0.2) is 0 Å². The molecule has 3 aliphatic rings. The third kappa shape index (κ3) is 5.17. The average Bonchev–Trinajstić information content (AvgIpc) is 2.82. The first-order chi connectivity index (χ1) is 12.1. The third-order valence-corrected chi connectivity index (χ3v) is 6.11. The van der Waals surface area contributed by atoms with Crippen molar-refractivity contribution in [2.75, 3.05) is 45.9 Å². The number of carbonyl (C=O) groups excluding carboxylic acids is 2. The van der Waals surface area contributed by atoms with Crippen molar-refractivity contribution in [3.63, 3.8) is 0 Å². The minimum atomic E-state index is -0.139. The van der Waals surface area contributed by atoms with Gasteiger partial charge in [-0.25, -0.2) is 0 Å². The summed E-state index contributed by atoms with van der Waals surface area (Å²) in [7, 11) is 0. The number of carbonyl (C=O) groups is 2. The maximum absolute atomic E-state index is 12.3. The number of ether oxygens (including phenoxy) is 1. The highest BCUT2D eigenvalue weighted by Gasteiger charge is 2.36. The fourth-order valence-corrected chi connectivity index (χ4v) is 4.70. The molecule has 0 saturated carbocycles. The SMILES string of the molecule is CC(=O)NCC(=O)N1CC[C@@H]2[C@@H](CCCCN2CC2CCOCC2)C1. The number of amides is 2. The van der Waals surface area contributed by atoms with Gasteiger partial charge in [0.1, 0.15) is 0 Å². The topological polar surface area (TPSA) is 61.9 Å². The molecule has 0 aromatic rings. The van der Waals surface area contributed by atoms with E-state index in [4.69, 9.17) is 4.74 Å². The molecule has 142 valence electrons. The van der Waals surface area contributed by atoms with Gasteiger partial charge >= 0.3 is 0 Å². The molecule has 0 unspecified atom stereocenters. The molecular formula is C19H33N3O3. The number of nitrogens with zero attached hydrogens (tertiary/aromatic N) is 2. The van der Waals surface area contributed by atoms with E-state index >= 15 is 0 Å². The number of nitrogens with one attached hydrogen (secondary N) is 1. The van der Waals surface area contributed by atoms with E-state index in [0.29, 0.717) is 12.0 Å². The zero-order valence-corrected chi connectivity index (χ0v) is 15.5. The predicted molar refractivity (Wildman–Crippen MR) is 96.1 cm³/mol. The molecule has 3 rings (SSSR count). The van der Waals surface area contributed by atoms with Crippen molar-refractivity contribution < 1.29 is 14.3 Å². The van der Waals surface area contributed by atoms with Gasteiger partial charge in [0.05, 0.1) is 6.54 Å². The maximum atomic E-state index is 12.3. The Bertz CT molecular complexity index is 465. The van der Waals surface area contributed by atoms with Crippen molar-refractivity contribution in [2.24, 2.45) is 11.8 Å². The summed E-state index contributed by atoms with van der Waals surface area (Å²) in [6.07, 6.45) is 7.21. The molecule has 0 bridgehead atoms. The standard InChI is InChI=1S/C19H33N3O3/c1-15(23)20-12-19(24)22-9-5-18-17(14-22)4-2-3-8-21(18)13-16-6-10-25-11-7-16/h16-18H,2-14H2,1H3,(H,20,23)/t17-,18+/m0/s1. The van der Waals surface area contributed by atoms with E-state index in [-0.39, 0.29) is 18.4 Å². The molecule has 2 atom stereocenters. The summed E-state index contributed by atoms with van der Waals surface area (Å²) in [6, 6.07) is 0.621. The molecule has 3 aliphatic heterocycles. The number of hydrogen-bond donors (Lipinski definition) is 1. The Morgan fingerprint density at radius 2 is 1.88 bits per heavy atom. The lowest BCUT2D eigenvalue weighted by atomic mass is 9.87. The highest BCUT2D eigenvalue weighted by Crippen LogP contribution is 2.31. The Morgan fingerprint density at radius 3 is 2.64 bits per heavy atom. The van der Waals surface area contributed by atoms with Gasteiger partial charge < -0.3 is 15.0 Å². The lowest BCUT2D eigenvalue weighted by Crippen LogP contribution is -2.54. The molecule has 25 heavy (non-hydrogen) atoms. The van der Waals surface area contributed by atoms with Gasteiger partial charge in [0, 0.05) is 45.8 Å². The van der Waals surface area contributed by atoms with Crippen LogP contribution in [0.2, 0.25) is 0 Å². The molecule has 3 fully saturated rings. The van der Waals surface area contributed by atoms with E-state index in [9.17, 15) is 9.59 Å². The Morgan fingerprint density at radius 1 is 1.08 bits per heavy atom. The Labute approximate surface area is 151 Å². The highest BCUT2D eigenvalue weighted by atomic mass is 16.5. The quantitative estimate of drug-likeness (QED) is 0.828. The number of likely N-dealkylation sites (tertiary alicyclic amines) is 2. The molecule has 6 nitrogen and oxygen atoms in total. The average molecular weight is 351 g/mol. The van der Waals surface area contributed by atoms with Crippen LogP contribution in [0.25, 0.3) is 0 Å². The van der Waals surface area contributed by atoms with Crippen LogP contribution in [0.15, 0.2) is 0 Å². The molecule has 1 N–H and O–H groups in total. The van der Waals surface area contributed by atoms with Gasteiger partial charge in [-0.3, -0.25) is 14.5 Å². The second-order valence-corrected chi connectivity index (χ2v) is 7.91. The second kappa shape index (κ2) is 8.99. The summed E-state index contributed by atoms with van der Waals surface area (Å²) >= 11 is 0. The summed E-state index contributed by atoms with van der Waals surface area (Å²) in [5.41, 5.74) is 0. The summed E-state index contributed by atoms with van der Waals surface area (Å²) in [5.74, 6) is 1.28.